The lowest BCUT2D eigenvalue weighted by Gasteiger charge is -2.22. The lowest BCUT2D eigenvalue weighted by atomic mass is 10.1. The Hall–Kier alpha value is -2.31. The van der Waals surface area contributed by atoms with Gasteiger partial charge in [-0.1, -0.05) is 54.3 Å². The minimum Gasteiger partial charge on any atom is -0.488 e. The highest BCUT2D eigenvalue weighted by Gasteiger charge is 2.22. The highest BCUT2D eigenvalue weighted by molar-refractivity contribution is 8.26. The summed E-state index contributed by atoms with van der Waals surface area (Å²) < 4.78 is 6.61. The van der Waals surface area contributed by atoms with E-state index in [2.05, 4.69) is 30.1 Å². The van der Waals surface area contributed by atoms with Crippen molar-refractivity contribution in [3.05, 3.63) is 64.6 Å². The number of rotatable bonds is 7. The average Bonchev–Trinajstić information content (AvgIpc) is 3.00. The van der Waals surface area contributed by atoms with E-state index >= 15 is 0 Å². The van der Waals surface area contributed by atoms with E-state index in [1.807, 2.05) is 48.5 Å². The van der Waals surface area contributed by atoms with Crippen molar-refractivity contribution < 1.29 is 9.53 Å². The fourth-order valence-corrected chi connectivity index (χ4v) is 3.89. The normalized spacial score (nSPS) is 15.1. The molecule has 1 N–H and O–H groups in total. The Bertz CT molecular complexity index is 862. The molecule has 0 aliphatic carbocycles. The molecule has 27 heavy (non-hydrogen) atoms. The van der Waals surface area contributed by atoms with Crippen LogP contribution >= 0.6 is 24.0 Å². The van der Waals surface area contributed by atoms with Crippen LogP contribution in [0.1, 0.15) is 25.0 Å². The van der Waals surface area contributed by atoms with Gasteiger partial charge in [-0.25, -0.2) is 0 Å². The van der Waals surface area contributed by atoms with Gasteiger partial charge in [0, 0.05) is 30.4 Å². The molecular weight excluding hydrogens is 376 g/mol. The summed E-state index contributed by atoms with van der Waals surface area (Å²) in [6.07, 6.45) is 1.84. The van der Waals surface area contributed by atoms with Gasteiger partial charge in [0.05, 0.1) is 4.91 Å². The first-order valence-electron chi connectivity index (χ1n) is 8.91. The molecule has 2 aromatic rings. The second kappa shape index (κ2) is 9.06. The summed E-state index contributed by atoms with van der Waals surface area (Å²) in [5.74, 6) is 0.591. The minimum atomic E-state index is -0.160. The highest BCUT2D eigenvalue weighted by Crippen LogP contribution is 2.32. The predicted octanol–water partition coefficient (Wildman–Crippen LogP) is 4.60. The van der Waals surface area contributed by atoms with Crippen LogP contribution in [-0.2, 0) is 11.4 Å². The number of amides is 1. The Morgan fingerprint density at radius 1 is 1.15 bits per heavy atom. The smallest absolute Gasteiger partial charge is 0.263 e. The maximum absolute atomic E-state index is 12.0. The molecule has 1 fully saturated rings. The van der Waals surface area contributed by atoms with Crippen LogP contribution in [0.15, 0.2) is 53.4 Å². The summed E-state index contributed by atoms with van der Waals surface area (Å²) in [6, 6.07) is 16.1. The van der Waals surface area contributed by atoms with Crippen LogP contribution in [0, 0.1) is 0 Å². The zero-order chi connectivity index (χ0) is 19.2. The largest absolute Gasteiger partial charge is 0.488 e. The summed E-state index contributed by atoms with van der Waals surface area (Å²) in [4.78, 5) is 14.9. The van der Waals surface area contributed by atoms with Gasteiger partial charge in [-0.2, -0.15) is 0 Å². The molecule has 3 rings (SSSR count). The topological polar surface area (TPSA) is 41.6 Å². The van der Waals surface area contributed by atoms with Crippen molar-refractivity contribution in [3.8, 4) is 5.75 Å². The Balaban J connectivity index is 1.92. The van der Waals surface area contributed by atoms with E-state index in [9.17, 15) is 4.79 Å². The van der Waals surface area contributed by atoms with Gasteiger partial charge in [-0.05, 0) is 37.6 Å². The molecule has 4 nitrogen and oxygen atoms in total. The zero-order valence-corrected chi connectivity index (χ0v) is 17.0. The van der Waals surface area contributed by atoms with Crippen LogP contribution < -0.4 is 15.0 Å². The molecule has 0 spiro atoms. The summed E-state index contributed by atoms with van der Waals surface area (Å²) in [5.41, 5.74) is 3.06. The second-order valence-corrected chi connectivity index (χ2v) is 7.74. The van der Waals surface area contributed by atoms with E-state index in [-0.39, 0.29) is 5.91 Å². The molecule has 0 radical (unpaired) electrons. The summed E-state index contributed by atoms with van der Waals surface area (Å²) in [5, 5.41) is 2.65. The first kappa shape index (κ1) is 19.5. The van der Waals surface area contributed by atoms with Gasteiger partial charge < -0.3 is 15.0 Å². The third-order valence-electron chi connectivity index (χ3n) is 4.29. The van der Waals surface area contributed by atoms with Gasteiger partial charge in [-0.15, -0.1) is 0 Å². The lowest BCUT2D eigenvalue weighted by Crippen LogP contribution is -2.21. The predicted molar refractivity (Wildman–Crippen MR) is 117 cm³/mol. The number of ether oxygens (including phenoxy) is 1. The number of benzene rings is 2. The molecule has 6 heteroatoms. The van der Waals surface area contributed by atoms with Crippen LogP contribution in [0.2, 0.25) is 0 Å². The van der Waals surface area contributed by atoms with Crippen LogP contribution in [0.25, 0.3) is 6.08 Å². The maximum Gasteiger partial charge on any atom is 0.263 e. The average molecular weight is 399 g/mol. The van der Waals surface area contributed by atoms with E-state index < -0.39 is 0 Å². The summed E-state index contributed by atoms with van der Waals surface area (Å²) in [7, 11) is 0. The number of hydrogen-bond acceptors (Lipinski definition) is 5. The van der Waals surface area contributed by atoms with Crippen molar-refractivity contribution in [2.75, 3.05) is 18.0 Å². The Morgan fingerprint density at radius 2 is 1.89 bits per heavy atom. The second-order valence-electron chi connectivity index (χ2n) is 6.02. The van der Waals surface area contributed by atoms with Gasteiger partial charge in [0.2, 0.25) is 0 Å². The molecule has 1 heterocycles. The van der Waals surface area contributed by atoms with Crippen LogP contribution in [0.5, 0.6) is 5.75 Å². The Morgan fingerprint density at radius 3 is 2.52 bits per heavy atom. The van der Waals surface area contributed by atoms with Gasteiger partial charge in [-0.3, -0.25) is 4.79 Å². The molecule has 0 aromatic heterocycles. The molecule has 140 valence electrons. The van der Waals surface area contributed by atoms with Gasteiger partial charge in [0.25, 0.3) is 5.91 Å². The first-order valence-corrected chi connectivity index (χ1v) is 10.1. The van der Waals surface area contributed by atoms with Gasteiger partial charge in [0.15, 0.2) is 0 Å². The monoisotopic (exact) mass is 398 g/mol. The molecular formula is C21H22N2O2S2. The third-order valence-corrected chi connectivity index (χ3v) is 5.45. The van der Waals surface area contributed by atoms with E-state index in [1.165, 1.54) is 11.8 Å². The maximum atomic E-state index is 12.0. The zero-order valence-electron chi connectivity index (χ0n) is 15.4. The molecule has 1 amide bonds. The van der Waals surface area contributed by atoms with Crippen LogP contribution in [-0.4, -0.2) is 23.3 Å². The number of anilines is 1. The molecule has 0 saturated carbocycles. The van der Waals surface area contributed by atoms with Crippen molar-refractivity contribution >= 4 is 46.0 Å². The number of thioether (sulfide) groups is 1. The quantitative estimate of drug-likeness (QED) is 0.545. The van der Waals surface area contributed by atoms with E-state index in [0.717, 1.165) is 35.7 Å². The fourth-order valence-electron chi connectivity index (χ4n) is 2.85. The third kappa shape index (κ3) is 4.90. The lowest BCUT2D eigenvalue weighted by molar-refractivity contribution is -0.115. The standard InChI is InChI=1S/C21H22N2O2S2/c1-3-23(4-2)17-11-10-16(12-19-20(24)22-21(26)27-19)18(13-17)25-14-15-8-6-5-7-9-15/h5-13H,3-4,14H2,1-2H3,(H,22,24,26). The first-order chi connectivity index (χ1) is 13.1. The number of hydrogen-bond donors (Lipinski definition) is 1. The Labute approximate surface area is 169 Å². The summed E-state index contributed by atoms with van der Waals surface area (Å²) >= 11 is 6.35. The van der Waals surface area contributed by atoms with E-state index in [4.69, 9.17) is 17.0 Å². The van der Waals surface area contributed by atoms with Crippen LogP contribution in [0.4, 0.5) is 5.69 Å². The summed E-state index contributed by atoms with van der Waals surface area (Å²) in [6.45, 7) is 6.56. The number of carbonyl (C=O) groups excluding carboxylic acids is 1. The van der Waals surface area contributed by atoms with Gasteiger partial charge in [0.1, 0.15) is 16.7 Å². The molecule has 2 aromatic carbocycles. The van der Waals surface area contributed by atoms with E-state index in [1.54, 1.807) is 0 Å². The molecule has 0 bridgehead atoms. The molecule has 0 atom stereocenters. The van der Waals surface area contributed by atoms with Crippen LogP contribution in [0.3, 0.4) is 0 Å². The molecule has 0 unspecified atom stereocenters. The SMILES string of the molecule is CCN(CC)c1ccc(C=C2SC(=S)NC2=O)c(OCc2ccccc2)c1. The van der Waals surface area contributed by atoms with Crippen molar-refractivity contribution in [2.45, 2.75) is 20.5 Å². The number of thiocarbonyl (C=S) groups is 1. The number of carbonyl (C=O) groups is 1. The minimum absolute atomic E-state index is 0.160. The van der Waals surface area contributed by atoms with Crippen molar-refractivity contribution in [1.82, 2.24) is 5.32 Å². The van der Waals surface area contributed by atoms with Crippen molar-refractivity contribution in [1.29, 1.82) is 0 Å². The Kier molecular flexibility index (Phi) is 6.53. The number of nitrogens with zero attached hydrogens (tertiary/aromatic N) is 1. The number of nitrogens with one attached hydrogen (secondary N) is 1. The van der Waals surface area contributed by atoms with E-state index in [0.29, 0.717) is 15.8 Å². The molecule has 1 saturated heterocycles. The molecule has 1 aliphatic heterocycles. The highest BCUT2D eigenvalue weighted by atomic mass is 32.2. The fraction of sp³-hybridized carbons (Fsp3) is 0.238. The van der Waals surface area contributed by atoms with Crippen molar-refractivity contribution in [2.24, 2.45) is 0 Å². The van der Waals surface area contributed by atoms with Gasteiger partial charge >= 0.3 is 0 Å². The van der Waals surface area contributed by atoms with Crippen molar-refractivity contribution in [3.63, 3.8) is 0 Å². The molecule has 1 aliphatic rings.